The first-order chi connectivity index (χ1) is 9.55. The topological polar surface area (TPSA) is 66.8 Å². The Morgan fingerprint density at radius 3 is 2.33 bits per heavy atom. The molecule has 5 nitrogen and oxygen atoms in total. The molecule has 0 radical (unpaired) electrons. The average Bonchev–Trinajstić information content (AvgIpc) is 2.56. The fourth-order valence-corrected chi connectivity index (χ4v) is 2.77. The van der Waals surface area contributed by atoms with Crippen LogP contribution in [-0.4, -0.2) is 28.8 Å². The van der Waals surface area contributed by atoms with E-state index < -0.39 is 29.1 Å². The fraction of sp³-hybridized carbons (Fsp3) is 0.500. The number of carboxylic acid groups (broad SMARTS) is 1. The standard InChI is InChI=1S/C16H21NO4/c1-15(2,3)21-14(20)17-11-9-7-6-8-10(11)16(4,5)12(17)13(18)19/h6-9,12H,1-5H3,(H,18,19)/t12-/m0/s1. The molecule has 0 unspecified atom stereocenters. The van der Waals surface area contributed by atoms with Crippen LogP contribution in [0.25, 0.3) is 0 Å². The van der Waals surface area contributed by atoms with Crippen LogP contribution in [-0.2, 0) is 14.9 Å². The molecule has 1 aliphatic rings. The van der Waals surface area contributed by atoms with Gasteiger partial charge in [-0.25, -0.2) is 9.59 Å². The number of benzene rings is 1. The minimum atomic E-state index is -1.04. The summed E-state index contributed by atoms with van der Waals surface area (Å²) in [5.74, 6) is -1.04. The molecule has 0 aromatic heterocycles. The molecule has 21 heavy (non-hydrogen) atoms. The number of para-hydroxylation sites is 1. The van der Waals surface area contributed by atoms with E-state index in [4.69, 9.17) is 4.74 Å². The lowest BCUT2D eigenvalue weighted by Gasteiger charge is -2.31. The number of carbonyl (C=O) groups is 2. The predicted molar refractivity (Wildman–Crippen MR) is 79.6 cm³/mol. The Labute approximate surface area is 124 Å². The van der Waals surface area contributed by atoms with Crippen molar-refractivity contribution in [3.63, 3.8) is 0 Å². The smallest absolute Gasteiger partial charge is 0.415 e. The number of hydrogen-bond acceptors (Lipinski definition) is 3. The van der Waals surface area contributed by atoms with Crippen LogP contribution in [0.15, 0.2) is 24.3 Å². The van der Waals surface area contributed by atoms with E-state index >= 15 is 0 Å². The van der Waals surface area contributed by atoms with E-state index in [0.29, 0.717) is 5.69 Å². The Balaban J connectivity index is 2.52. The third kappa shape index (κ3) is 2.60. The SMILES string of the molecule is CC(C)(C)OC(=O)N1c2ccccc2C(C)(C)[C@@H]1C(=O)O. The third-order valence-electron chi connectivity index (χ3n) is 3.62. The van der Waals surface area contributed by atoms with Gasteiger partial charge in [-0.15, -0.1) is 0 Å². The van der Waals surface area contributed by atoms with E-state index in [1.807, 2.05) is 26.0 Å². The number of nitrogens with zero attached hydrogens (tertiary/aromatic N) is 1. The molecule has 1 aliphatic heterocycles. The van der Waals surface area contributed by atoms with Crippen molar-refractivity contribution < 1.29 is 19.4 Å². The summed E-state index contributed by atoms with van der Waals surface area (Å²) in [6.07, 6.45) is -0.632. The number of fused-ring (bicyclic) bond motifs is 1. The van der Waals surface area contributed by atoms with Crippen LogP contribution < -0.4 is 4.90 Å². The molecule has 0 saturated carbocycles. The van der Waals surface area contributed by atoms with Gasteiger partial charge >= 0.3 is 12.1 Å². The number of anilines is 1. The predicted octanol–water partition coefficient (Wildman–Crippen LogP) is 3.17. The Morgan fingerprint density at radius 2 is 1.81 bits per heavy atom. The average molecular weight is 291 g/mol. The van der Waals surface area contributed by atoms with Crippen LogP contribution >= 0.6 is 0 Å². The van der Waals surface area contributed by atoms with Gasteiger partial charge in [0.25, 0.3) is 0 Å². The summed E-state index contributed by atoms with van der Waals surface area (Å²) < 4.78 is 5.38. The lowest BCUT2D eigenvalue weighted by molar-refractivity contribution is -0.139. The fourth-order valence-electron chi connectivity index (χ4n) is 2.77. The number of carboxylic acids is 1. The van der Waals surface area contributed by atoms with Crippen molar-refractivity contribution in [3.05, 3.63) is 29.8 Å². The molecule has 5 heteroatoms. The van der Waals surface area contributed by atoms with Gasteiger partial charge in [-0.1, -0.05) is 32.0 Å². The first kappa shape index (κ1) is 15.4. The molecule has 1 aromatic rings. The first-order valence-electron chi connectivity index (χ1n) is 6.90. The minimum Gasteiger partial charge on any atom is -0.480 e. The maximum Gasteiger partial charge on any atom is 0.415 e. The first-order valence-corrected chi connectivity index (χ1v) is 6.90. The zero-order chi connectivity index (χ0) is 16.0. The molecule has 0 aliphatic carbocycles. The van der Waals surface area contributed by atoms with Gasteiger partial charge in [0.1, 0.15) is 11.6 Å². The van der Waals surface area contributed by atoms with E-state index in [1.54, 1.807) is 32.9 Å². The molecule has 1 atom stereocenters. The monoisotopic (exact) mass is 291 g/mol. The van der Waals surface area contributed by atoms with Gasteiger partial charge in [0, 0.05) is 5.41 Å². The number of ether oxygens (including phenoxy) is 1. The van der Waals surface area contributed by atoms with Gasteiger partial charge in [-0.2, -0.15) is 0 Å². The van der Waals surface area contributed by atoms with Gasteiger partial charge in [0.2, 0.25) is 0 Å². The zero-order valence-electron chi connectivity index (χ0n) is 13.0. The molecular formula is C16H21NO4. The Morgan fingerprint density at radius 1 is 1.24 bits per heavy atom. The van der Waals surface area contributed by atoms with Gasteiger partial charge in [0.05, 0.1) is 5.69 Å². The van der Waals surface area contributed by atoms with Crippen LogP contribution in [0, 0.1) is 0 Å². The number of carbonyl (C=O) groups excluding carboxylic acids is 1. The Hall–Kier alpha value is -2.04. The van der Waals surface area contributed by atoms with Crippen molar-refractivity contribution in [1.82, 2.24) is 0 Å². The molecule has 114 valence electrons. The van der Waals surface area contributed by atoms with Crippen molar-refractivity contribution in [3.8, 4) is 0 Å². The second-order valence-electron chi connectivity index (χ2n) is 6.83. The summed E-state index contributed by atoms with van der Waals surface area (Å²) >= 11 is 0. The maximum absolute atomic E-state index is 12.5. The summed E-state index contributed by atoms with van der Waals surface area (Å²) in [5.41, 5.74) is 0.0774. The second-order valence-corrected chi connectivity index (χ2v) is 6.83. The van der Waals surface area contributed by atoms with Gasteiger partial charge in [-0.3, -0.25) is 4.90 Å². The van der Waals surface area contributed by atoms with Crippen LogP contribution in [0.3, 0.4) is 0 Å². The lowest BCUT2D eigenvalue weighted by atomic mass is 9.80. The molecule has 1 amide bonds. The molecule has 1 heterocycles. The van der Waals surface area contributed by atoms with Crippen LogP contribution in [0.2, 0.25) is 0 Å². The van der Waals surface area contributed by atoms with E-state index in [0.717, 1.165) is 5.56 Å². The minimum absolute atomic E-state index is 0.601. The molecule has 0 spiro atoms. The number of amides is 1. The number of hydrogen-bond donors (Lipinski definition) is 1. The highest BCUT2D eigenvalue weighted by molar-refractivity contribution is 6.00. The van der Waals surface area contributed by atoms with Crippen LogP contribution in [0.5, 0.6) is 0 Å². The highest BCUT2D eigenvalue weighted by Gasteiger charge is 2.52. The zero-order valence-corrected chi connectivity index (χ0v) is 13.0. The van der Waals surface area contributed by atoms with Gasteiger partial charge in [0.15, 0.2) is 0 Å². The molecule has 0 saturated heterocycles. The van der Waals surface area contributed by atoms with E-state index in [1.165, 1.54) is 4.90 Å². The molecule has 1 aromatic carbocycles. The summed E-state index contributed by atoms with van der Waals surface area (Å²) in [6, 6.07) is 6.26. The van der Waals surface area contributed by atoms with E-state index in [-0.39, 0.29) is 0 Å². The molecule has 0 bridgehead atoms. The highest BCUT2D eigenvalue weighted by Crippen LogP contribution is 2.45. The van der Waals surface area contributed by atoms with Crippen LogP contribution in [0.4, 0.5) is 10.5 Å². The summed E-state index contributed by atoms with van der Waals surface area (Å²) in [5, 5.41) is 9.59. The van der Waals surface area contributed by atoms with Gasteiger partial charge in [-0.05, 0) is 32.4 Å². The lowest BCUT2D eigenvalue weighted by Crippen LogP contribution is -2.51. The Bertz CT molecular complexity index is 586. The Kier molecular flexibility index (Phi) is 3.48. The van der Waals surface area contributed by atoms with Crippen molar-refractivity contribution in [2.75, 3.05) is 4.90 Å². The molecule has 0 fully saturated rings. The summed E-state index contributed by atoms with van der Waals surface area (Å²) in [7, 11) is 0. The van der Waals surface area contributed by atoms with E-state index in [9.17, 15) is 14.7 Å². The highest BCUT2D eigenvalue weighted by atomic mass is 16.6. The quantitative estimate of drug-likeness (QED) is 0.863. The maximum atomic E-state index is 12.5. The van der Waals surface area contributed by atoms with E-state index in [2.05, 4.69) is 0 Å². The van der Waals surface area contributed by atoms with Crippen molar-refractivity contribution in [1.29, 1.82) is 0 Å². The largest absolute Gasteiger partial charge is 0.480 e. The van der Waals surface area contributed by atoms with Gasteiger partial charge < -0.3 is 9.84 Å². The molecule has 2 rings (SSSR count). The second kappa shape index (κ2) is 4.76. The van der Waals surface area contributed by atoms with Crippen molar-refractivity contribution in [2.24, 2.45) is 0 Å². The van der Waals surface area contributed by atoms with Crippen molar-refractivity contribution >= 4 is 17.7 Å². The van der Waals surface area contributed by atoms with Crippen molar-refractivity contribution in [2.45, 2.75) is 51.7 Å². The summed E-state index contributed by atoms with van der Waals surface area (Å²) in [6.45, 7) is 8.93. The third-order valence-corrected chi connectivity index (χ3v) is 3.62. The van der Waals surface area contributed by atoms with Crippen LogP contribution in [0.1, 0.15) is 40.2 Å². The molecular weight excluding hydrogens is 270 g/mol. The number of rotatable bonds is 1. The summed E-state index contributed by atoms with van der Waals surface area (Å²) in [4.78, 5) is 25.4. The molecule has 1 N–H and O–H groups in total. The normalized spacial score (nSPS) is 20.0. The number of aliphatic carboxylic acids is 1.